The molecule has 0 unspecified atom stereocenters. The number of carbonyl (C=O) groups excluding carboxylic acids is 1. The Morgan fingerprint density at radius 1 is 1.26 bits per heavy atom. The minimum Gasteiger partial charge on any atom is -0.444 e. The number of alkyl carbamates (subject to hydrolysis) is 1. The van der Waals surface area contributed by atoms with Crippen LogP contribution in [0.5, 0.6) is 0 Å². The molecule has 6 nitrogen and oxygen atoms in total. The summed E-state index contributed by atoms with van der Waals surface area (Å²) in [6.07, 6.45) is 3.49. The molecule has 0 atom stereocenters. The lowest BCUT2D eigenvalue weighted by Crippen LogP contribution is -2.39. The van der Waals surface area contributed by atoms with Gasteiger partial charge in [-0.25, -0.2) is 13.2 Å². The van der Waals surface area contributed by atoms with Crippen LogP contribution in [0.1, 0.15) is 53.2 Å². The Morgan fingerprint density at radius 3 is 2.17 bits per heavy atom. The van der Waals surface area contributed by atoms with Crippen LogP contribution in [-0.2, 0) is 20.1 Å². The Balaban J connectivity index is 0.00000127. The van der Waals surface area contributed by atoms with E-state index >= 15 is 0 Å². The average molecular weight is 342 g/mol. The van der Waals surface area contributed by atoms with Crippen molar-refractivity contribution in [2.45, 2.75) is 63.5 Å². The number of pyridine rings is 1. The summed E-state index contributed by atoms with van der Waals surface area (Å²) < 4.78 is 28.1. The van der Waals surface area contributed by atoms with Crippen LogP contribution in [0, 0.1) is 0 Å². The molecular formula is C16H26N2O4S. The van der Waals surface area contributed by atoms with Crippen molar-refractivity contribution in [2.75, 3.05) is 6.26 Å². The lowest BCUT2D eigenvalue weighted by Gasteiger charge is -2.23. The molecule has 1 aliphatic carbocycles. The molecule has 1 fully saturated rings. The Morgan fingerprint density at radius 2 is 1.83 bits per heavy atom. The van der Waals surface area contributed by atoms with Crippen molar-refractivity contribution in [1.29, 1.82) is 0 Å². The largest absolute Gasteiger partial charge is 0.444 e. The van der Waals surface area contributed by atoms with Gasteiger partial charge in [-0.05, 0) is 45.7 Å². The molecule has 1 saturated carbocycles. The van der Waals surface area contributed by atoms with Crippen molar-refractivity contribution in [3.05, 3.63) is 24.0 Å². The van der Waals surface area contributed by atoms with Gasteiger partial charge in [-0.2, -0.15) is 0 Å². The molecule has 1 N–H and O–H groups in total. The molecule has 0 aromatic carbocycles. The number of sulfone groups is 1. The number of hydrogen-bond acceptors (Lipinski definition) is 5. The zero-order valence-electron chi connectivity index (χ0n) is 14.6. The number of rotatable bonds is 3. The monoisotopic (exact) mass is 342 g/mol. The van der Waals surface area contributed by atoms with E-state index in [4.69, 9.17) is 4.74 Å². The molecule has 0 radical (unpaired) electrons. The second-order valence-corrected chi connectivity index (χ2v) is 8.38. The molecule has 0 spiro atoms. The molecule has 130 valence electrons. The van der Waals surface area contributed by atoms with Crippen LogP contribution in [0.3, 0.4) is 0 Å². The highest BCUT2D eigenvalue weighted by Crippen LogP contribution is 2.44. The lowest BCUT2D eigenvalue weighted by atomic mass is 10.1. The fraction of sp³-hybridized carbons (Fsp3) is 0.625. The Labute approximate surface area is 138 Å². The Hall–Kier alpha value is -1.63. The zero-order valence-corrected chi connectivity index (χ0v) is 15.5. The van der Waals surface area contributed by atoms with Crippen molar-refractivity contribution in [3.8, 4) is 0 Å². The SMILES string of the molecule is CC.CC(C)(C)OC(=O)NC1(c2ccc(S(C)(=O)=O)cn2)CC1. The second kappa shape index (κ2) is 6.86. The van der Waals surface area contributed by atoms with Crippen LogP contribution < -0.4 is 5.32 Å². The number of amides is 1. The number of ether oxygens (including phenoxy) is 1. The summed E-state index contributed by atoms with van der Waals surface area (Å²) in [5.41, 5.74) is -0.438. The van der Waals surface area contributed by atoms with E-state index < -0.39 is 27.1 Å². The molecule has 1 heterocycles. The maximum atomic E-state index is 11.9. The minimum atomic E-state index is -3.27. The van der Waals surface area contributed by atoms with E-state index in [1.165, 1.54) is 12.3 Å². The minimum absolute atomic E-state index is 0.166. The van der Waals surface area contributed by atoms with E-state index in [1.807, 2.05) is 13.8 Å². The first-order chi connectivity index (χ1) is 10.5. The van der Waals surface area contributed by atoms with Gasteiger partial charge in [0.15, 0.2) is 9.84 Å². The summed E-state index contributed by atoms with van der Waals surface area (Å²) in [4.78, 5) is 16.2. The Bertz CT molecular complexity index is 642. The van der Waals surface area contributed by atoms with Gasteiger partial charge in [0.2, 0.25) is 0 Å². The predicted molar refractivity (Wildman–Crippen MR) is 89.0 cm³/mol. The summed E-state index contributed by atoms with van der Waals surface area (Å²) in [5, 5.41) is 2.83. The normalized spacial score (nSPS) is 15.9. The summed E-state index contributed by atoms with van der Waals surface area (Å²) >= 11 is 0. The van der Waals surface area contributed by atoms with Gasteiger partial charge in [0.1, 0.15) is 5.60 Å². The van der Waals surface area contributed by atoms with E-state index in [1.54, 1.807) is 26.8 Å². The first-order valence-electron chi connectivity index (χ1n) is 7.70. The van der Waals surface area contributed by atoms with Gasteiger partial charge in [0.25, 0.3) is 0 Å². The average Bonchev–Trinajstić information content (AvgIpc) is 3.19. The molecule has 0 aliphatic heterocycles. The first-order valence-corrected chi connectivity index (χ1v) is 9.59. The van der Waals surface area contributed by atoms with Gasteiger partial charge in [-0.3, -0.25) is 4.98 Å². The van der Waals surface area contributed by atoms with E-state index in [9.17, 15) is 13.2 Å². The van der Waals surface area contributed by atoms with Crippen LogP contribution >= 0.6 is 0 Å². The molecule has 1 amide bonds. The lowest BCUT2D eigenvalue weighted by molar-refractivity contribution is 0.0493. The number of nitrogens with zero attached hydrogens (tertiary/aromatic N) is 1. The van der Waals surface area contributed by atoms with Crippen LogP contribution in [0.15, 0.2) is 23.2 Å². The Kier molecular flexibility index (Phi) is 5.79. The third kappa shape index (κ3) is 5.49. The third-order valence-corrected chi connectivity index (χ3v) is 4.24. The molecule has 2 rings (SSSR count). The quantitative estimate of drug-likeness (QED) is 0.912. The predicted octanol–water partition coefficient (Wildman–Crippen LogP) is 3.03. The van der Waals surface area contributed by atoms with Crippen LogP contribution in [-0.4, -0.2) is 31.4 Å². The molecule has 0 bridgehead atoms. The number of carbonyl (C=O) groups is 1. The molecule has 1 aromatic heterocycles. The van der Waals surface area contributed by atoms with Crippen LogP contribution in [0.25, 0.3) is 0 Å². The van der Waals surface area contributed by atoms with Crippen LogP contribution in [0.2, 0.25) is 0 Å². The highest BCUT2D eigenvalue weighted by atomic mass is 32.2. The summed E-state index contributed by atoms with van der Waals surface area (Å²) in [6.45, 7) is 9.39. The van der Waals surface area contributed by atoms with E-state index in [0.717, 1.165) is 19.1 Å². The van der Waals surface area contributed by atoms with E-state index in [2.05, 4.69) is 10.3 Å². The molecule has 23 heavy (non-hydrogen) atoms. The zero-order chi connectivity index (χ0) is 17.9. The van der Waals surface area contributed by atoms with Crippen molar-refractivity contribution in [1.82, 2.24) is 10.3 Å². The number of nitrogens with one attached hydrogen (secondary N) is 1. The van der Waals surface area contributed by atoms with Gasteiger partial charge < -0.3 is 10.1 Å². The maximum Gasteiger partial charge on any atom is 0.408 e. The highest BCUT2D eigenvalue weighted by molar-refractivity contribution is 7.90. The first kappa shape index (κ1) is 19.4. The van der Waals surface area contributed by atoms with E-state index in [-0.39, 0.29) is 4.90 Å². The molecule has 1 aliphatic rings. The summed E-state index contributed by atoms with van der Waals surface area (Å²) in [6, 6.07) is 3.15. The van der Waals surface area contributed by atoms with Gasteiger partial charge in [0, 0.05) is 12.5 Å². The van der Waals surface area contributed by atoms with Crippen molar-refractivity contribution in [3.63, 3.8) is 0 Å². The smallest absolute Gasteiger partial charge is 0.408 e. The van der Waals surface area contributed by atoms with Crippen molar-refractivity contribution in [2.24, 2.45) is 0 Å². The van der Waals surface area contributed by atoms with Crippen molar-refractivity contribution >= 4 is 15.9 Å². The summed E-state index contributed by atoms with van der Waals surface area (Å²) in [5.74, 6) is 0. The number of aromatic nitrogens is 1. The fourth-order valence-electron chi connectivity index (χ4n) is 1.95. The van der Waals surface area contributed by atoms with Crippen LogP contribution in [0.4, 0.5) is 4.79 Å². The molecule has 7 heteroatoms. The topological polar surface area (TPSA) is 85.4 Å². The molecule has 0 saturated heterocycles. The highest BCUT2D eigenvalue weighted by Gasteiger charge is 2.48. The number of hydrogen-bond donors (Lipinski definition) is 1. The standard InChI is InChI=1S/C14H20N2O4S.C2H6/c1-13(2,3)20-12(17)16-14(7-8-14)11-6-5-10(9-15-11)21(4,18)19;1-2/h5-6,9H,7-8H2,1-4H3,(H,16,17);1-2H3. The van der Waals surface area contributed by atoms with Gasteiger partial charge in [-0.1, -0.05) is 13.8 Å². The van der Waals surface area contributed by atoms with Gasteiger partial charge >= 0.3 is 6.09 Å². The second-order valence-electron chi connectivity index (χ2n) is 6.36. The molecule has 1 aromatic rings. The third-order valence-electron chi connectivity index (χ3n) is 3.15. The maximum absolute atomic E-state index is 11.9. The van der Waals surface area contributed by atoms with E-state index in [0.29, 0.717) is 5.69 Å². The van der Waals surface area contributed by atoms with Gasteiger partial charge in [0.05, 0.1) is 16.1 Å². The molecular weight excluding hydrogens is 316 g/mol. The summed E-state index contributed by atoms with van der Waals surface area (Å²) in [7, 11) is -3.27. The fourth-order valence-corrected chi connectivity index (χ4v) is 2.51. The van der Waals surface area contributed by atoms with Gasteiger partial charge in [-0.15, -0.1) is 0 Å². The van der Waals surface area contributed by atoms with Crippen molar-refractivity contribution < 1.29 is 17.9 Å².